The quantitative estimate of drug-likeness (QED) is 0.788. The van der Waals surface area contributed by atoms with Crippen LogP contribution >= 0.6 is 0 Å². The van der Waals surface area contributed by atoms with E-state index in [2.05, 4.69) is 39.9 Å². The Morgan fingerprint density at radius 3 is 2.48 bits per heavy atom. The van der Waals surface area contributed by atoms with Crippen molar-refractivity contribution in [2.24, 2.45) is 17.3 Å². The number of nitrogens with one attached hydrogen (secondary N) is 1. The Morgan fingerprint density at radius 1 is 1.10 bits per heavy atom. The maximum absolute atomic E-state index is 5.83. The molecule has 2 rings (SSSR count). The Labute approximate surface area is 132 Å². The van der Waals surface area contributed by atoms with Crippen molar-refractivity contribution in [1.29, 1.82) is 0 Å². The summed E-state index contributed by atoms with van der Waals surface area (Å²) in [5.74, 6) is 1.74. The highest BCUT2D eigenvalue weighted by Gasteiger charge is 2.35. The normalized spacial score (nSPS) is 33.3. The standard InChI is InChI=1S/C19H37NO/c1-18(2,3)20-14-16-10-11-19(4,5)13-15(16)8-9-17-7-6-12-21-17/h15-17,20H,6-14H2,1-5H3. The fourth-order valence-electron chi connectivity index (χ4n) is 4.11. The molecule has 2 nitrogen and oxygen atoms in total. The third-order valence-corrected chi connectivity index (χ3v) is 5.45. The summed E-state index contributed by atoms with van der Waals surface area (Å²) in [4.78, 5) is 0. The lowest BCUT2D eigenvalue weighted by Gasteiger charge is -2.42. The third-order valence-electron chi connectivity index (χ3n) is 5.45. The van der Waals surface area contributed by atoms with Crippen LogP contribution in [0.15, 0.2) is 0 Å². The second kappa shape index (κ2) is 7.00. The maximum atomic E-state index is 5.83. The smallest absolute Gasteiger partial charge is 0.0576 e. The topological polar surface area (TPSA) is 21.3 Å². The monoisotopic (exact) mass is 295 g/mol. The first-order chi connectivity index (χ1) is 9.75. The minimum Gasteiger partial charge on any atom is -0.378 e. The van der Waals surface area contributed by atoms with Gasteiger partial charge in [-0.3, -0.25) is 0 Å². The number of hydrogen-bond acceptors (Lipinski definition) is 2. The summed E-state index contributed by atoms with van der Waals surface area (Å²) in [7, 11) is 0. The van der Waals surface area contributed by atoms with Gasteiger partial charge in [-0.15, -0.1) is 0 Å². The van der Waals surface area contributed by atoms with Crippen molar-refractivity contribution < 1.29 is 4.74 Å². The molecule has 0 radical (unpaired) electrons. The second-order valence-corrected chi connectivity index (χ2v) is 9.27. The van der Waals surface area contributed by atoms with Gasteiger partial charge in [0.05, 0.1) is 6.10 Å². The predicted molar refractivity (Wildman–Crippen MR) is 90.6 cm³/mol. The molecule has 1 aliphatic heterocycles. The van der Waals surface area contributed by atoms with Crippen LogP contribution in [0.1, 0.15) is 79.6 Å². The Balaban J connectivity index is 1.86. The lowest BCUT2D eigenvalue weighted by molar-refractivity contribution is 0.0685. The fourth-order valence-corrected chi connectivity index (χ4v) is 4.11. The van der Waals surface area contributed by atoms with E-state index in [1.54, 1.807) is 0 Å². The van der Waals surface area contributed by atoms with Crippen molar-refractivity contribution in [1.82, 2.24) is 5.32 Å². The Kier molecular flexibility index (Phi) is 5.76. The molecule has 0 aromatic rings. The number of ether oxygens (including phenoxy) is 1. The fraction of sp³-hybridized carbons (Fsp3) is 1.00. The molecule has 3 atom stereocenters. The summed E-state index contributed by atoms with van der Waals surface area (Å²) in [6, 6.07) is 0. The lowest BCUT2D eigenvalue weighted by Crippen LogP contribution is -2.43. The van der Waals surface area contributed by atoms with E-state index in [9.17, 15) is 0 Å². The minimum atomic E-state index is 0.242. The third kappa shape index (κ3) is 5.90. The van der Waals surface area contributed by atoms with E-state index in [0.717, 1.165) is 18.4 Å². The molecule has 1 saturated carbocycles. The van der Waals surface area contributed by atoms with Gasteiger partial charge in [0, 0.05) is 12.1 Å². The molecule has 0 bridgehead atoms. The van der Waals surface area contributed by atoms with Gasteiger partial charge in [0.15, 0.2) is 0 Å². The average Bonchev–Trinajstić information content (AvgIpc) is 2.86. The van der Waals surface area contributed by atoms with Gasteiger partial charge in [0.25, 0.3) is 0 Å². The molecule has 0 aromatic heterocycles. The van der Waals surface area contributed by atoms with Crippen LogP contribution in [0.4, 0.5) is 0 Å². The first-order valence-electron chi connectivity index (χ1n) is 9.12. The molecular formula is C19H37NO. The van der Waals surface area contributed by atoms with Crippen molar-refractivity contribution in [2.45, 2.75) is 91.2 Å². The van der Waals surface area contributed by atoms with Crippen molar-refractivity contribution in [3.63, 3.8) is 0 Å². The van der Waals surface area contributed by atoms with Gasteiger partial charge in [-0.25, -0.2) is 0 Å². The van der Waals surface area contributed by atoms with Gasteiger partial charge in [-0.2, -0.15) is 0 Å². The molecular weight excluding hydrogens is 258 g/mol. The summed E-state index contributed by atoms with van der Waals surface area (Å²) in [6.45, 7) is 13.9. The van der Waals surface area contributed by atoms with Crippen LogP contribution in [0.3, 0.4) is 0 Å². The molecule has 1 heterocycles. The molecule has 3 unspecified atom stereocenters. The molecule has 0 aromatic carbocycles. The van der Waals surface area contributed by atoms with Crippen LogP contribution < -0.4 is 5.32 Å². The molecule has 21 heavy (non-hydrogen) atoms. The summed E-state index contributed by atoms with van der Waals surface area (Å²) >= 11 is 0. The molecule has 2 heteroatoms. The van der Waals surface area contributed by atoms with Gasteiger partial charge in [-0.1, -0.05) is 13.8 Å². The SMILES string of the molecule is CC1(C)CCC(CNC(C)(C)C)C(CCC2CCCO2)C1. The maximum Gasteiger partial charge on any atom is 0.0576 e. The summed E-state index contributed by atoms with van der Waals surface area (Å²) < 4.78 is 5.83. The zero-order valence-corrected chi connectivity index (χ0v) is 15.0. The van der Waals surface area contributed by atoms with Gasteiger partial charge < -0.3 is 10.1 Å². The molecule has 1 aliphatic carbocycles. The van der Waals surface area contributed by atoms with E-state index in [0.29, 0.717) is 11.5 Å². The number of hydrogen-bond donors (Lipinski definition) is 1. The van der Waals surface area contributed by atoms with E-state index in [1.165, 1.54) is 51.5 Å². The Hall–Kier alpha value is -0.0800. The Morgan fingerprint density at radius 2 is 1.86 bits per heavy atom. The lowest BCUT2D eigenvalue weighted by atomic mass is 9.65. The van der Waals surface area contributed by atoms with E-state index in [-0.39, 0.29) is 5.54 Å². The van der Waals surface area contributed by atoms with Crippen LogP contribution in [0.25, 0.3) is 0 Å². The molecule has 2 fully saturated rings. The first-order valence-corrected chi connectivity index (χ1v) is 9.12. The van der Waals surface area contributed by atoms with E-state index in [4.69, 9.17) is 4.74 Å². The molecule has 124 valence electrons. The predicted octanol–water partition coefficient (Wildman–Crippen LogP) is 4.78. The van der Waals surface area contributed by atoms with Crippen LogP contribution in [-0.4, -0.2) is 24.8 Å². The Bertz CT molecular complexity index is 312. The van der Waals surface area contributed by atoms with Crippen LogP contribution in [0, 0.1) is 17.3 Å². The summed E-state index contributed by atoms with van der Waals surface area (Å²) in [5, 5.41) is 3.75. The van der Waals surface area contributed by atoms with Gasteiger partial charge in [0.2, 0.25) is 0 Å². The molecule has 2 aliphatic rings. The van der Waals surface area contributed by atoms with Crippen molar-refractivity contribution in [3.8, 4) is 0 Å². The highest BCUT2D eigenvalue weighted by atomic mass is 16.5. The first kappa shape index (κ1) is 17.3. The number of rotatable bonds is 5. The molecule has 0 spiro atoms. The van der Waals surface area contributed by atoms with Crippen molar-refractivity contribution in [3.05, 3.63) is 0 Å². The van der Waals surface area contributed by atoms with Crippen molar-refractivity contribution >= 4 is 0 Å². The molecule has 1 N–H and O–H groups in total. The highest BCUT2D eigenvalue weighted by Crippen LogP contribution is 2.44. The van der Waals surface area contributed by atoms with Gasteiger partial charge in [0.1, 0.15) is 0 Å². The highest BCUT2D eigenvalue weighted by molar-refractivity contribution is 4.88. The molecule has 0 amide bonds. The zero-order chi connectivity index (χ0) is 15.5. The summed E-state index contributed by atoms with van der Waals surface area (Å²) in [5.41, 5.74) is 0.783. The average molecular weight is 296 g/mol. The second-order valence-electron chi connectivity index (χ2n) is 9.27. The van der Waals surface area contributed by atoms with Crippen LogP contribution in [0.5, 0.6) is 0 Å². The summed E-state index contributed by atoms with van der Waals surface area (Å²) in [6.07, 6.45) is 9.96. The van der Waals surface area contributed by atoms with E-state index in [1.807, 2.05) is 0 Å². The van der Waals surface area contributed by atoms with Crippen LogP contribution in [-0.2, 0) is 4.74 Å². The van der Waals surface area contributed by atoms with Crippen LogP contribution in [0.2, 0.25) is 0 Å². The largest absolute Gasteiger partial charge is 0.378 e. The van der Waals surface area contributed by atoms with Gasteiger partial charge in [-0.05, 0) is 89.5 Å². The molecule has 1 saturated heterocycles. The van der Waals surface area contributed by atoms with Crippen molar-refractivity contribution in [2.75, 3.05) is 13.2 Å². The van der Waals surface area contributed by atoms with E-state index < -0.39 is 0 Å². The van der Waals surface area contributed by atoms with Gasteiger partial charge >= 0.3 is 0 Å². The zero-order valence-electron chi connectivity index (χ0n) is 15.0. The minimum absolute atomic E-state index is 0.242. The van der Waals surface area contributed by atoms with E-state index >= 15 is 0 Å².